The zero-order valence-corrected chi connectivity index (χ0v) is 18.0. The number of benzene rings is 2. The highest BCUT2D eigenvalue weighted by Gasteiger charge is 2.38. The topological polar surface area (TPSA) is 78.4 Å². The number of aromatic nitrogens is 2. The van der Waals surface area contributed by atoms with Gasteiger partial charge in [-0.15, -0.1) is 0 Å². The Kier molecular flexibility index (Phi) is 5.68. The number of nitrogens with one attached hydrogen (secondary N) is 1. The molecule has 3 heterocycles. The molecule has 0 atom stereocenters. The second kappa shape index (κ2) is 9.08. The van der Waals surface area contributed by atoms with Gasteiger partial charge >= 0.3 is 6.03 Å². The van der Waals surface area contributed by atoms with Crippen molar-refractivity contribution >= 4 is 28.4 Å². The second-order valence-electron chi connectivity index (χ2n) is 8.03. The van der Waals surface area contributed by atoms with Gasteiger partial charge in [0.25, 0.3) is 5.91 Å². The predicted molar refractivity (Wildman–Crippen MR) is 127 cm³/mol. The molecule has 1 aliphatic heterocycles. The minimum atomic E-state index is -0.203. The summed E-state index contributed by atoms with van der Waals surface area (Å²) in [5.41, 5.74) is 2.10. The summed E-state index contributed by atoms with van der Waals surface area (Å²) in [5.74, 6) is -0.118. The number of carbonyl (C=O) groups is 2. The Morgan fingerprint density at radius 3 is 2.52 bits per heavy atom. The van der Waals surface area contributed by atoms with Crippen molar-refractivity contribution in [2.24, 2.45) is 0 Å². The number of fused-ring (bicyclic) bond motifs is 1. The lowest BCUT2D eigenvalue weighted by Crippen LogP contribution is -2.62. The lowest BCUT2D eigenvalue weighted by atomic mass is 10.0. The van der Waals surface area contributed by atoms with Crippen LogP contribution in [0, 0.1) is 0 Å². The first-order valence-electron chi connectivity index (χ1n) is 10.8. The van der Waals surface area contributed by atoms with Crippen LogP contribution in [0.25, 0.3) is 10.8 Å². The summed E-state index contributed by atoms with van der Waals surface area (Å²) in [6.45, 7) is 1.31. The third kappa shape index (κ3) is 4.39. The molecule has 0 spiro atoms. The Bertz CT molecular complexity index is 1270. The van der Waals surface area contributed by atoms with Gasteiger partial charge in [-0.05, 0) is 35.2 Å². The summed E-state index contributed by atoms with van der Waals surface area (Å²) in [7, 11) is 0. The van der Waals surface area contributed by atoms with Crippen molar-refractivity contribution in [3.05, 3.63) is 103 Å². The van der Waals surface area contributed by atoms with Crippen molar-refractivity contribution in [1.82, 2.24) is 19.8 Å². The summed E-state index contributed by atoms with van der Waals surface area (Å²) in [6, 6.07) is 22.5. The molecule has 1 fully saturated rings. The number of urea groups is 1. The Morgan fingerprint density at radius 2 is 1.73 bits per heavy atom. The first-order valence-corrected chi connectivity index (χ1v) is 10.8. The van der Waals surface area contributed by atoms with Gasteiger partial charge in [-0.1, -0.05) is 48.5 Å². The Morgan fingerprint density at radius 1 is 0.939 bits per heavy atom. The Hall–Kier alpha value is -4.26. The van der Waals surface area contributed by atoms with Crippen LogP contribution in [0.15, 0.2) is 91.4 Å². The number of pyridine rings is 2. The fraction of sp³-hybridized carbons (Fsp3) is 0.154. The molecule has 164 valence electrons. The molecule has 2 aromatic heterocycles. The van der Waals surface area contributed by atoms with Crippen molar-refractivity contribution in [1.29, 1.82) is 0 Å². The van der Waals surface area contributed by atoms with Gasteiger partial charge in [0.05, 0.1) is 6.04 Å². The van der Waals surface area contributed by atoms with E-state index >= 15 is 0 Å². The van der Waals surface area contributed by atoms with Crippen molar-refractivity contribution in [2.75, 3.05) is 18.4 Å². The van der Waals surface area contributed by atoms with Gasteiger partial charge in [0.1, 0.15) is 5.69 Å². The predicted octanol–water partition coefficient (Wildman–Crippen LogP) is 4.19. The van der Waals surface area contributed by atoms with E-state index in [1.165, 1.54) is 0 Å². The van der Waals surface area contributed by atoms with Crippen LogP contribution in [-0.4, -0.2) is 50.8 Å². The lowest BCUT2D eigenvalue weighted by Gasteiger charge is -2.45. The number of para-hydroxylation sites is 1. The van der Waals surface area contributed by atoms with Crippen molar-refractivity contribution in [3.8, 4) is 0 Å². The monoisotopic (exact) mass is 437 g/mol. The average Bonchev–Trinajstić information content (AvgIpc) is 2.83. The molecule has 0 unspecified atom stereocenters. The van der Waals surface area contributed by atoms with Crippen LogP contribution >= 0.6 is 0 Å². The first kappa shape index (κ1) is 20.6. The third-order valence-corrected chi connectivity index (χ3v) is 5.83. The number of amides is 3. The minimum Gasteiger partial charge on any atom is -0.333 e. The molecule has 2 aromatic carbocycles. The lowest BCUT2D eigenvalue weighted by molar-refractivity contribution is 0.0360. The maximum Gasteiger partial charge on any atom is 0.322 e. The van der Waals surface area contributed by atoms with Gasteiger partial charge < -0.3 is 15.1 Å². The maximum absolute atomic E-state index is 13.2. The zero-order valence-electron chi connectivity index (χ0n) is 18.0. The molecule has 0 radical (unpaired) electrons. The van der Waals surface area contributed by atoms with Gasteiger partial charge in [-0.3, -0.25) is 14.8 Å². The normalized spacial score (nSPS) is 13.4. The van der Waals surface area contributed by atoms with E-state index in [9.17, 15) is 9.59 Å². The highest BCUT2D eigenvalue weighted by molar-refractivity contribution is 6.05. The molecule has 3 amide bonds. The zero-order chi connectivity index (χ0) is 22.6. The average molecular weight is 438 g/mol. The van der Waals surface area contributed by atoms with Crippen LogP contribution in [0.2, 0.25) is 0 Å². The van der Waals surface area contributed by atoms with E-state index in [-0.39, 0.29) is 18.0 Å². The molecule has 1 N–H and O–H groups in total. The van der Waals surface area contributed by atoms with Gasteiger partial charge in [-0.25, -0.2) is 4.79 Å². The number of hydrogen-bond acceptors (Lipinski definition) is 4. The summed E-state index contributed by atoms with van der Waals surface area (Å²) in [5, 5.41) is 4.78. The van der Waals surface area contributed by atoms with E-state index in [1.54, 1.807) is 28.4 Å². The van der Waals surface area contributed by atoms with Gasteiger partial charge in [0, 0.05) is 49.3 Å². The highest BCUT2D eigenvalue weighted by atomic mass is 16.2. The molecule has 5 rings (SSSR count). The van der Waals surface area contributed by atoms with E-state index in [4.69, 9.17) is 0 Å². The standard InChI is InChI=1S/C26H23N5O2/c32-25(24-23-11-5-4-8-20(23)12-14-28-24)30-17-22(18-30)31(16-19-7-6-13-27-15-19)26(33)29-21-9-2-1-3-10-21/h1-15,22H,16-18H2,(H,29,33). The van der Waals surface area contributed by atoms with Crippen molar-refractivity contribution in [3.63, 3.8) is 0 Å². The number of likely N-dealkylation sites (tertiary alicyclic amines) is 1. The van der Waals surface area contributed by atoms with E-state index in [1.807, 2.05) is 72.8 Å². The Balaban J connectivity index is 1.33. The van der Waals surface area contributed by atoms with Gasteiger partial charge in [-0.2, -0.15) is 0 Å². The number of hydrogen-bond donors (Lipinski definition) is 1. The summed E-state index contributed by atoms with van der Waals surface area (Å²) >= 11 is 0. The molecule has 4 aromatic rings. The van der Waals surface area contributed by atoms with Crippen LogP contribution in [0.1, 0.15) is 16.1 Å². The summed E-state index contributed by atoms with van der Waals surface area (Å²) in [4.78, 5) is 38.3. The van der Waals surface area contributed by atoms with E-state index in [0.29, 0.717) is 25.3 Å². The third-order valence-electron chi connectivity index (χ3n) is 5.83. The van der Waals surface area contributed by atoms with Crippen LogP contribution in [-0.2, 0) is 6.54 Å². The fourth-order valence-electron chi connectivity index (χ4n) is 4.03. The molecule has 33 heavy (non-hydrogen) atoms. The highest BCUT2D eigenvalue weighted by Crippen LogP contribution is 2.24. The summed E-state index contributed by atoms with van der Waals surface area (Å²) in [6.07, 6.45) is 5.12. The summed E-state index contributed by atoms with van der Waals surface area (Å²) < 4.78 is 0. The molecular weight excluding hydrogens is 414 g/mol. The maximum atomic E-state index is 13.2. The van der Waals surface area contributed by atoms with Crippen LogP contribution in [0.3, 0.4) is 0 Å². The molecule has 1 saturated heterocycles. The van der Waals surface area contributed by atoms with E-state index in [0.717, 1.165) is 22.0 Å². The largest absolute Gasteiger partial charge is 0.333 e. The molecule has 1 aliphatic rings. The first-order chi connectivity index (χ1) is 16.2. The van der Waals surface area contributed by atoms with Crippen LogP contribution in [0.4, 0.5) is 10.5 Å². The number of nitrogens with zero attached hydrogens (tertiary/aromatic N) is 4. The second-order valence-corrected chi connectivity index (χ2v) is 8.03. The Labute approximate surface area is 191 Å². The molecule has 0 saturated carbocycles. The molecular formula is C26H23N5O2. The molecule has 0 aliphatic carbocycles. The van der Waals surface area contributed by atoms with E-state index < -0.39 is 0 Å². The van der Waals surface area contributed by atoms with Crippen molar-refractivity contribution < 1.29 is 9.59 Å². The number of rotatable bonds is 5. The number of anilines is 1. The quantitative estimate of drug-likeness (QED) is 0.508. The molecule has 7 heteroatoms. The molecule has 0 bridgehead atoms. The van der Waals surface area contributed by atoms with Gasteiger partial charge in [0.15, 0.2) is 0 Å². The van der Waals surface area contributed by atoms with E-state index in [2.05, 4.69) is 15.3 Å². The smallest absolute Gasteiger partial charge is 0.322 e. The molecule has 7 nitrogen and oxygen atoms in total. The number of carbonyl (C=O) groups excluding carboxylic acids is 2. The minimum absolute atomic E-state index is 0.104. The SMILES string of the molecule is O=C(c1nccc2ccccc12)N1CC(N(Cc2cccnc2)C(=O)Nc2ccccc2)C1. The van der Waals surface area contributed by atoms with Crippen LogP contribution < -0.4 is 5.32 Å². The van der Waals surface area contributed by atoms with Crippen molar-refractivity contribution in [2.45, 2.75) is 12.6 Å². The van der Waals surface area contributed by atoms with Crippen LogP contribution in [0.5, 0.6) is 0 Å². The fourth-order valence-corrected chi connectivity index (χ4v) is 4.03. The van der Waals surface area contributed by atoms with Gasteiger partial charge in [0.2, 0.25) is 0 Å².